The Labute approximate surface area is 136 Å². The molecule has 2 N–H and O–H groups in total. The van der Waals surface area contributed by atoms with Crippen molar-refractivity contribution in [1.82, 2.24) is 14.9 Å². The van der Waals surface area contributed by atoms with E-state index in [1.165, 1.54) is 0 Å². The summed E-state index contributed by atoms with van der Waals surface area (Å²) in [5.41, 5.74) is 1.85. The predicted molar refractivity (Wildman–Crippen MR) is 90.4 cm³/mol. The van der Waals surface area contributed by atoms with E-state index in [0.29, 0.717) is 11.6 Å². The number of pyridine rings is 1. The van der Waals surface area contributed by atoms with Gasteiger partial charge in [0.15, 0.2) is 0 Å². The largest absolute Gasteiger partial charge is 0.390 e. The highest BCUT2D eigenvalue weighted by atomic mass is 16.3. The summed E-state index contributed by atoms with van der Waals surface area (Å²) >= 11 is 0. The molecule has 2 aromatic heterocycles. The number of hydrogen-bond acceptors (Lipinski definition) is 3. The molecule has 0 saturated carbocycles. The molecular weight excluding hydrogens is 290 g/mol. The first kappa shape index (κ1) is 16.0. The van der Waals surface area contributed by atoms with E-state index in [1.807, 2.05) is 37.8 Å². The van der Waals surface area contributed by atoms with Gasteiger partial charge in [-0.15, -0.1) is 0 Å². The number of piperidine rings is 1. The summed E-state index contributed by atoms with van der Waals surface area (Å²) in [5.74, 6) is 0.550. The Morgan fingerprint density at radius 2 is 2.09 bits per heavy atom. The highest BCUT2D eigenvalue weighted by Crippen LogP contribution is 2.27. The number of H-pyrrole nitrogens is 1. The van der Waals surface area contributed by atoms with Gasteiger partial charge >= 0.3 is 0 Å². The zero-order valence-corrected chi connectivity index (χ0v) is 14.1. The van der Waals surface area contributed by atoms with Crippen LogP contribution in [0.3, 0.4) is 0 Å². The highest BCUT2D eigenvalue weighted by Gasteiger charge is 2.27. The van der Waals surface area contributed by atoms with Gasteiger partial charge in [0.05, 0.1) is 17.3 Å². The number of carbonyl (C=O) groups excluding carboxylic acids is 1. The molecule has 3 rings (SSSR count). The van der Waals surface area contributed by atoms with Crippen LogP contribution in [0.1, 0.15) is 49.3 Å². The molecule has 124 valence electrons. The number of amides is 1. The van der Waals surface area contributed by atoms with Crippen LogP contribution in [0.5, 0.6) is 0 Å². The van der Waals surface area contributed by atoms with E-state index in [1.54, 1.807) is 6.20 Å². The number of carbonyl (C=O) groups is 1. The molecule has 5 heteroatoms. The number of hydrogen-bond donors (Lipinski definition) is 2. The van der Waals surface area contributed by atoms with E-state index < -0.39 is 5.60 Å². The maximum Gasteiger partial charge on any atom is 0.270 e. The lowest BCUT2D eigenvalue weighted by molar-refractivity contribution is 0.0357. The lowest BCUT2D eigenvalue weighted by Gasteiger charge is -2.34. The number of nitrogens with zero attached hydrogens (tertiary/aromatic N) is 2. The minimum Gasteiger partial charge on any atom is -0.390 e. The molecule has 23 heavy (non-hydrogen) atoms. The third-order valence-electron chi connectivity index (χ3n) is 4.56. The van der Waals surface area contributed by atoms with Crippen LogP contribution >= 0.6 is 0 Å². The van der Waals surface area contributed by atoms with Crippen LogP contribution in [-0.4, -0.2) is 44.6 Å². The number of aromatic nitrogens is 2. The van der Waals surface area contributed by atoms with E-state index >= 15 is 0 Å². The lowest BCUT2D eigenvalue weighted by atomic mass is 9.86. The minimum atomic E-state index is -0.626. The molecule has 5 nitrogen and oxygen atoms in total. The molecule has 0 radical (unpaired) electrons. The topological polar surface area (TPSA) is 69.2 Å². The first-order valence-electron chi connectivity index (χ1n) is 8.29. The fraction of sp³-hybridized carbons (Fsp3) is 0.556. The van der Waals surface area contributed by atoms with Gasteiger partial charge in [0, 0.05) is 24.2 Å². The minimum absolute atomic E-state index is 0.0561. The molecule has 2 aromatic rings. The molecule has 0 aliphatic carbocycles. The number of likely N-dealkylation sites (tertiary alicyclic amines) is 1. The van der Waals surface area contributed by atoms with Crippen LogP contribution in [0.2, 0.25) is 0 Å². The average Bonchev–Trinajstić information content (AvgIpc) is 2.88. The van der Waals surface area contributed by atoms with Gasteiger partial charge in [-0.1, -0.05) is 0 Å². The Bertz CT molecular complexity index is 707. The Morgan fingerprint density at radius 1 is 1.39 bits per heavy atom. The number of aryl methyl sites for hydroxylation is 1. The normalized spacial score (nSPS) is 17.0. The zero-order chi connectivity index (χ0) is 16.6. The standard InChI is InChI=1S/C18H25N3O2/c1-12-8-14-9-15(20-16(14)11-19-12)17(22)21-6-4-13(5-7-21)10-18(2,3)23/h8-9,11,13,20,23H,4-7,10H2,1-3H3. The van der Waals surface area contributed by atoms with E-state index in [9.17, 15) is 9.90 Å². The third-order valence-corrected chi connectivity index (χ3v) is 4.56. The van der Waals surface area contributed by atoms with E-state index in [0.717, 1.165) is 48.9 Å². The number of nitrogens with one attached hydrogen (secondary N) is 1. The molecule has 1 fully saturated rings. The molecule has 1 aliphatic rings. The van der Waals surface area contributed by atoms with Crippen molar-refractivity contribution < 1.29 is 9.90 Å². The van der Waals surface area contributed by atoms with Crippen molar-refractivity contribution in [3.05, 3.63) is 29.7 Å². The summed E-state index contributed by atoms with van der Waals surface area (Å²) in [7, 11) is 0. The molecule has 3 heterocycles. The summed E-state index contributed by atoms with van der Waals surface area (Å²) in [6.45, 7) is 7.16. The second kappa shape index (κ2) is 5.96. The molecule has 1 amide bonds. The molecule has 0 unspecified atom stereocenters. The van der Waals surface area contributed by atoms with Gasteiger partial charge in [0.2, 0.25) is 0 Å². The van der Waals surface area contributed by atoms with Crippen LogP contribution in [0, 0.1) is 12.8 Å². The maximum absolute atomic E-state index is 12.7. The predicted octanol–water partition coefficient (Wildman–Crippen LogP) is 2.88. The fourth-order valence-corrected chi connectivity index (χ4v) is 3.47. The number of aliphatic hydroxyl groups is 1. The van der Waals surface area contributed by atoms with Gasteiger partial charge in [-0.05, 0) is 58.1 Å². The summed E-state index contributed by atoms with van der Waals surface area (Å²) in [5, 5.41) is 11.0. The zero-order valence-electron chi connectivity index (χ0n) is 14.1. The monoisotopic (exact) mass is 315 g/mol. The molecule has 0 bridgehead atoms. The number of aromatic amines is 1. The van der Waals surface area contributed by atoms with Crippen LogP contribution in [0.25, 0.3) is 10.9 Å². The van der Waals surface area contributed by atoms with Gasteiger partial charge in [-0.3, -0.25) is 9.78 Å². The first-order valence-corrected chi connectivity index (χ1v) is 8.29. The van der Waals surface area contributed by atoms with E-state index in [2.05, 4.69) is 9.97 Å². The molecule has 0 aromatic carbocycles. The lowest BCUT2D eigenvalue weighted by Crippen LogP contribution is -2.40. The van der Waals surface area contributed by atoms with Crippen molar-refractivity contribution >= 4 is 16.8 Å². The van der Waals surface area contributed by atoms with Crippen molar-refractivity contribution in [2.75, 3.05) is 13.1 Å². The second-order valence-electron chi connectivity index (χ2n) is 7.35. The van der Waals surface area contributed by atoms with Gasteiger partial charge in [-0.25, -0.2) is 0 Å². The Kier molecular flexibility index (Phi) is 4.15. The van der Waals surface area contributed by atoms with Crippen LogP contribution in [0.15, 0.2) is 18.3 Å². The summed E-state index contributed by atoms with van der Waals surface area (Å²) < 4.78 is 0. The van der Waals surface area contributed by atoms with Crippen molar-refractivity contribution in [3.8, 4) is 0 Å². The van der Waals surface area contributed by atoms with Gasteiger partial charge < -0.3 is 15.0 Å². The highest BCUT2D eigenvalue weighted by molar-refractivity contribution is 5.98. The molecule has 0 spiro atoms. The van der Waals surface area contributed by atoms with Gasteiger partial charge in [-0.2, -0.15) is 0 Å². The van der Waals surface area contributed by atoms with Gasteiger partial charge in [0.1, 0.15) is 5.69 Å². The van der Waals surface area contributed by atoms with Crippen molar-refractivity contribution in [1.29, 1.82) is 0 Å². The van der Waals surface area contributed by atoms with E-state index in [-0.39, 0.29) is 5.91 Å². The first-order chi connectivity index (χ1) is 10.8. The van der Waals surface area contributed by atoms with Crippen molar-refractivity contribution in [3.63, 3.8) is 0 Å². The van der Waals surface area contributed by atoms with Crippen molar-refractivity contribution in [2.24, 2.45) is 5.92 Å². The quantitative estimate of drug-likeness (QED) is 0.915. The summed E-state index contributed by atoms with van der Waals surface area (Å²) in [6.07, 6.45) is 4.48. The van der Waals surface area contributed by atoms with Crippen LogP contribution < -0.4 is 0 Å². The molecule has 1 aliphatic heterocycles. The molecule has 1 saturated heterocycles. The molecular formula is C18H25N3O2. The summed E-state index contributed by atoms with van der Waals surface area (Å²) in [4.78, 5) is 22.0. The third kappa shape index (κ3) is 3.72. The Hall–Kier alpha value is -1.88. The van der Waals surface area contributed by atoms with Crippen LogP contribution in [-0.2, 0) is 0 Å². The second-order valence-corrected chi connectivity index (χ2v) is 7.35. The smallest absolute Gasteiger partial charge is 0.270 e. The molecule has 0 atom stereocenters. The maximum atomic E-state index is 12.7. The Balaban J connectivity index is 1.66. The Morgan fingerprint density at radius 3 is 2.74 bits per heavy atom. The van der Waals surface area contributed by atoms with Gasteiger partial charge in [0.25, 0.3) is 5.91 Å². The number of fused-ring (bicyclic) bond motifs is 1. The average molecular weight is 315 g/mol. The fourth-order valence-electron chi connectivity index (χ4n) is 3.47. The SMILES string of the molecule is Cc1cc2cc(C(=O)N3CCC(CC(C)(C)O)CC3)[nH]c2cn1. The van der Waals surface area contributed by atoms with Crippen LogP contribution in [0.4, 0.5) is 0 Å². The van der Waals surface area contributed by atoms with Crippen molar-refractivity contribution in [2.45, 2.75) is 45.6 Å². The number of rotatable bonds is 3. The summed E-state index contributed by atoms with van der Waals surface area (Å²) in [6, 6.07) is 3.90. The van der Waals surface area contributed by atoms with E-state index in [4.69, 9.17) is 0 Å².